The SMILES string of the molecule is [c]1ccc2ccc3ccc4ccc5cccc6c1c2c3c4c56. The predicted octanol–water partition coefficient (Wildman–Crippen LogP) is 6.13. The summed E-state index contributed by atoms with van der Waals surface area (Å²) in [5, 5.41) is 13.4. The second-order valence-corrected chi connectivity index (χ2v) is 6.11. The summed E-state index contributed by atoms with van der Waals surface area (Å²) in [6.45, 7) is 0. The lowest BCUT2D eigenvalue weighted by atomic mass is 9.86. The Morgan fingerprint density at radius 3 is 1.82 bits per heavy atom. The van der Waals surface area contributed by atoms with Gasteiger partial charge in [0.25, 0.3) is 0 Å². The van der Waals surface area contributed by atoms with Gasteiger partial charge in [-0.05, 0) is 59.9 Å². The second kappa shape index (κ2) is 3.48. The number of benzene rings is 6. The third-order valence-corrected chi connectivity index (χ3v) is 5.05. The Kier molecular flexibility index (Phi) is 1.71. The van der Waals surface area contributed by atoms with Gasteiger partial charge in [0.15, 0.2) is 0 Å². The lowest BCUT2D eigenvalue weighted by Gasteiger charge is -2.17. The van der Waals surface area contributed by atoms with Crippen molar-refractivity contribution >= 4 is 53.9 Å². The van der Waals surface area contributed by atoms with Crippen molar-refractivity contribution in [1.82, 2.24) is 0 Å². The molecule has 99 valence electrons. The molecule has 0 heterocycles. The van der Waals surface area contributed by atoms with Crippen LogP contribution in [0.25, 0.3) is 53.9 Å². The Bertz CT molecular complexity index is 1190. The fourth-order valence-corrected chi connectivity index (χ4v) is 4.14. The number of fused-ring (bicyclic) bond motifs is 1. The molecule has 6 aromatic carbocycles. The average Bonchev–Trinajstić information content (AvgIpc) is 2.59. The fourth-order valence-electron chi connectivity index (χ4n) is 4.14. The van der Waals surface area contributed by atoms with Crippen LogP contribution in [-0.2, 0) is 0 Å². The molecule has 0 fully saturated rings. The molecule has 0 bridgehead atoms. The van der Waals surface area contributed by atoms with Gasteiger partial charge < -0.3 is 0 Å². The molecule has 0 aliphatic heterocycles. The Balaban J connectivity index is 2.21. The van der Waals surface area contributed by atoms with Crippen molar-refractivity contribution in [3.8, 4) is 0 Å². The van der Waals surface area contributed by atoms with Gasteiger partial charge in [-0.2, -0.15) is 0 Å². The molecule has 6 rings (SSSR count). The number of rotatable bonds is 0. The van der Waals surface area contributed by atoms with Gasteiger partial charge >= 0.3 is 0 Å². The standard InChI is InChI=1S/C22H11/c1-3-13-7-9-15-11-12-16-10-8-14-4-2-6-18-17(5-1)19(13)21(15)22(16)20(14)18/h1-5,7-12H. The summed E-state index contributed by atoms with van der Waals surface area (Å²) in [6, 6.07) is 27.8. The summed E-state index contributed by atoms with van der Waals surface area (Å²) in [5.41, 5.74) is 0. The van der Waals surface area contributed by atoms with Crippen LogP contribution >= 0.6 is 0 Å². The lowest BCUT2D eigenvalue weighted by Crippen LogP contribution is -1.89. The zero-order valence-electron chi connectivity index (χ0n) is 11.9. The first-order chi connectivity index (χ1) is 10.9. The van der Waals surface area contributed by atoms with Crippen LogP contribution in [0, 0.1) is 6.07 Å². The normalized spacial score (nSPS) is 12.5. The minimum absolute atomic E-state index is 1.25. The fraction of sp³-hybridized carbons (Fsp3) is 0. The summed E-state index contributed by atoms with van der Waals surface area (Å²) in [5.74, 6) is 0. The van der Waals surface area contributed by atoms with Crippen LogP contribution in [0.3, 0.4) is 0 Å². The first kappa shape index (κ1) is 10.8. The smallest absolute Gasteiger partial charge is 0.00137 e. The minimum atomic E-state index is 1.25. The van der Waals surface area contributed by atoms with Crippen LogP contribution in [0.5, 0.6) is 0 Å². The molecular formula is C22H11. The van der Waals surface area contributed by atoms with Crippen LogP contribution in [-0.4, -0.2) is 0 Å². The summed E-state index contributed by atoms with van der Waals surface area (Å²) in [6.07, 6.45) is 0. The Morgan fingerprint density at radius 2 is 1.09 bits per heavy atom. The quantitative estimate of drug-likeness (QED) is 0.231. The number of hydrogen-bond donors (Lipinski definition) is 0. The molecule has 0 atom stereocenters. The van der Waals surface area contributed by atoms with E-state index in [-0.39, 0.29) is 0 Å². The van der Waals surface area contributed by atoms with E-state index in [1.165, 1.54) is 53.9 Å². The largest absolute Gasteiger partial charge is 0.0610 e. The van der Waals surface area contributed by atoms with Crippen LogP contribution in [0.2, 0.25) is 0 Å². The van der Waals surface area contributed by atoms with E-state index in [0.717, 1.165) is 0 Å². The monoisotopic (exact) mass is 275 g/mol. The molecule has 0 N–H and O–H groups in total. The lowest BCUT2D eigenvalue weighted by molar-refractivity contribution is 1.79. The van der Waals surface area contributed by atoms with Crippen LogP contribution in [0.1, 0.15) is 0 Å². The van der Waals surface area contributed by atoms with E-state index in [1.807, 2.05) is 0 Å². The highest BCUT2D eigenvalue weighted by molar-refractivity contribution is 6.39. The first-order valence-electron chi connectivity index (χ1n) is 7.64. The molecule has 0 aliphatic rings. The van der Waals surface area contributed by atoms with Gasteiger partial charge in [-0.1, -0.05) is 66.7 Å². The van der Waals surface area contributed by atoms with Crippen molar-refractivity contribution in [1.29, 1.82) is 0 Å². The molecule has 1 radical (unpaired) electrons. The van der Waals surface area contributed by atoms with Gasteiger partial charge in [0.1, 0.15) is 0 Å². The van der Waals surface area contributed by atoms with Crippen LogP contribution in [0.15, 0.2) is 66.7 Å². The third-order valence-electron chi connectivity index (χ3n) is 5.05. The maximum absolute atomic E-state index is 3.50. The number of hydrogen-bond acceptors (Lipinski definition) is 0. The van der Waals surface area contributed by atoms with Crippen LogP contribution in [0.4, 0.5) is 0 Å². The van der Waals surface area contributed by atoms with Crippen molar-refractivity contribution in [2.24, 2.45) is 0 Å². The Morgan fingerprint density at radius 1 is 0.500 bits per heavy atom. The van der Waals surface area contributed by atoms with Gasteiger partial charge in [0.2, 0.25) is 0 Å². The Labute approximate surface area is 127 Å². The van der Waals surface area contributed by atoms with E-state index < -0.39 is 0 Å². The molecule has 0 spiro atoms. The summed E-state index contributed by atoms with van der Waals surface area (Å²) in [7, 11) is 0. The minimum Gasteiger partial charge on any atom is -0.0610 e. The van der Waals surface area contributed by atoms with Crippen LogP contribution < -0.4 is 0 Å². The van der Waals surface area contributed by atoms with E-state index >= 15 is 0 Å². The van der Waals surface area contributed by atoms with E-state index in [0.29, 0.717) is 0 Å². The molecule has 0 saturated heterocycles. The molecule has 22 heavy (non-hydrogen) atoms. The van der Waals surface area contributed by atoms with Crippen molar-refractivity contribution in [2.75, 3.05) is 0 Å². The Hall–Kier alpha value is -2.86. The molecule has 0 heteroatoms. The van der Waals surface area contributed by atoms with E-state index in [9.17, 15) is 0 Å². The highest BCUT2D eigenvalue weighted by Gasteiger charge is 2.15. The molecule has 6 aromatic rings. The molecule has 0 unspecified atom stereocenters. The summed E-state index contributed by atoms with van der Waals surface area (Å²) in [4.78, 5) is 0. The van der Waals surface area contributed by atoms with Gasteiger partial charge in [-0.3, -0.25) is 0 Å². The maximum atomic E-state index is 3.50. The van der Waals surface area contributed by atoms with Crippen molar-refractivity contribution in [2.45, 2.75) is 0 Å². The maximum Gasteiger partial charge on any atom is -0.00137 e. The third kappa shape index (κ3) is 1.09. The highest BCUT2D eigenvalue weighted by Crippen LogP contribution is 2.44. The van der Waals surface area contributed by atoms with Gasteiger partial charge in [0, 0.05) is 0 Å². The molecular weight excluding hydrogens is 264 g/mol. The van der Waals surface area contributed by atoms with Gasteiger partial charge in [-0.15, -0.1) is 0 Å². The topological polar surface area (TPSA) is 0 Å². The zero-order chi connectivity index (χ0) is 14.3. The molecule has 0 aliphatic carbocycles. The van der Waals surface area contributed by atoms with E-state index in [1.54, 1.807) is 0 Å². The van der Waals surface area contributed by atoms with E-state index in [4.69, 9.17) is 0 Å². The van der Waals surface area contributed by atoms with Gasteiger partial charge in [0.05, 0.1) is 0 Å². The van der Waals surface area contributed by atoms with Crippen molar-refractivity contribution in [3.63, 3.8) is 0 Å². The van der Waals surface area contributed by atoms with Crippen molar-refractivity contribution in [3.05, 3.63) is 72.8 Å². The highest BCUT2D eigenvalue weighted by atomic mass is 14.2. The second-order valence-electron chi connectivity index (χ2n) is 6.11. The van der Waals surface area contributed by atoms with Crippen molar-refractivity contribution < 1.29 is 0 Å². The van der Waals surface area contributed by atoms with E-state index in [2.05, 4.69) is 72.8 Å². The molecule has 0 nitrogen and oxygen atoms in total. The molecule has 0 aromatic heterocycles. The molecule has 0 amide bonds. The summed E-state index contributed by atoms with van der Waals surface area (Å²) >= 11 is 0. The average molecular weight is 275 g/mol. The zero-order valence-corrected chi connectivity index (χ0v) is 11.9. The summed E-state index contributed by atoms with van der Waals surface area (Å²) < 4.78 is 0. The molecule has 0 saturated carbocycles. The van der Waals surface area contributed by atoms with Gasteiger partial charge in [-0.25, -0.2) is 0 Å². The first-order valence-corrected chi connectivity index (χ1v) is 7.64. The predicted molar refractivity (Wildman–Crippen MR) is 95.2 cm³/mol.